The SMILES string of the molecule is CCOc1ccc2c(c1)CCc1nncn1-2. The number of hydrogen-bond acceptors (Lipinski definition) is 3. The summed E-state index contributed by atoms with van der Waals surface area (Å²) < 4.78 is 7.55. The van der Waals surface area contributed by atoms with E-state index in [2.05, 4.69) is 26.9 Å². The van der Waals surface area contributed by atoms with Crippen molar-refractivity contribution >= 4 is 0 Å². The van der Waals surface area contributed by atoms with Crippen molar-refractivity contribution in [3.63, 3.8) is 0 Å². The van der Waals surface area contributed by atoms with E-state index in [9.17, 15) is 0 Å². The Morgan fingerprint density at radius 2 is 2.31 bits per heavy atom. The number of nitrogens with zero attached hydrogens (tertiary/aromatic N) is 3. The third kappa shape index (κ3) is 1.38. The highest BCUT2D eigenvalue weighted by molar-refractivity contribution is 5.48. The molecule has 1 aliphatic heterocycles. The molecule has 0 aliphatic carbocycles. The van der Waals surface area contributed by atoms with E-state index < -0.39 is 0 Å². The van der Waals surface area contributed by atoms with Gasteiger partial charge in [0, 0.05) is 6.42 Å². The van der Waals surface area contributed by atoms with Crippen LogP contribution in [0.3, 0.4) is 0 Å². The molecule has 0 atom stereocenters. The third-order valence-corrected chi connectivity index (χ3v) is 2.86. The molecule has 4 heteroatoms. The van der Waals surface area contributed by atoms with Gasteiger partial charge in [0.1, 0.15) is 17.9 Å². The maximum absolute atomic E-state index is 5.50. The molecule has 2 aromatic rings. The van der Waals surface area contributed by atoms with E-state index in [0.29, 0.717) is 6.61 Å². The molecule has 0 fully saturated rings. The lowest BCUT2D eigenvalue weighted by atomic mass is 10.0. The molecule has 0 saturated carbocycles. The summed E-state index contributed by atoms with van der Waals surface area (Å²) in [6.45, 7) is 2.70. The van der Waals surface area contributed by atoms with Crippen LogP contribution in [-0.2, 0) is 12.8 Å². The molecule has 0 N–H and O–H groups in total. The second-order valence-electron chi connectivity index (χ2n) is 3.84. The van der Waals surface area contributed by atoms with Gasteiger partial charge in [0.2, 0.25) is 0 Å². The van der Waals surface area contributed by atoms with Gasteiger partial charge in [-0.05, 0) is 37.1 Å². The van der Waals surface area contributed by atoms with Crippen LogP contribution in [0, 0.1) is 0 Å². The highest BCUT2D eigenvalue weighted by Crippen LogP contribution is 2.26. The predicted molar refractivity (Wildman–Crippen MR) is 59.9 cm³/mol. The molecule has 0 unspecified atom stereocenters. The van der Waals surface area contributed by atoms with E-state index in [4.69, 9.17) is 4.74 Å². The number of rotatable bonds is 2. The molecule has 82 valence electrons. The first-order valence-corrected chi connectivity index (χ1v) is 5.53. The van der Waals surface area contributed by atoms with Gasteiger partial charge in [-0.3, -0.25) is 4.57 Å². The van der Waals surface area contributed by atoms with Crippen molar-refractivity contribution in [2.75, 3.05) is 6.61 Å². The predicted octanol–water partition coefficient (Wildman–Crippen LogP) is 1.76. The van der Waals surface area contributed by atoms with Crippen molar-refractivity contribution in [1.82, 2.24) is 14.8 Å². The molecule has 1 aromatic carbocycles. The van der Waals surface area contributed by atoms with Crippen molar-refractivity contribution in [3.05, 3.63) is 35.9 Å². The maximum Gasteiger partial charge on any atom is 0.137 e. The summed E-state index contributed by atoms with van der Waals surface area (Å²) >= 11 is 0. The number of aromatic nitrogens is 3. The second kappa shape index (κ2) is 3.63. The van der Waals surface area contributed by atoms with Crippen LogP contribution in [0.4, 0.5) is 0 Å². The fourth-order valence-corrected chi connectivity index (χ4v) is 2.13. The zero-order valence-electron chi connectivity index (χ0n) is 9.18. The summed E-state index contributed by atoms with van der Waals surface area (Å²) in [6.07, 6.45) is 3.73. The third-order valence-electron chi connectivity index (χ3n) is 2.86. The molecule has 1 aromatic heterocycles. The topological polar surface area (TPSA) is 39.9 Å². The summed E-state index contributed by atoms with van der Waals surface area (Å²) in [4.78, 5) is 0. The van der Waals surface area contributed by atoms with Crippen molar-refractivity contribution in [2.24, 2.45) is 0 Å². The molecule has 0 radical (unpaired) electrons. The Kier molecular flexibility index (Phi) is 2.13. The largest absolute Gasteiger partial charge is 0.494 e. The van der Waals surface area contributed by atoms with Crippen LogP contribution >= 0.6 is 0 Å². The van der Waals surface area contributed by atoms with Crippen molar-refractivity contribution in [2.45, 2.75) is 19.8 Å². The Bertz CT molecular complexity index is 519. The van der Waals surface area contributed by atoms with Crippen molar-refractivity contribution in [3.8, 4) is 11.4 Å². The van der Waals surface area contributed by atoms with Crippen molar-refractivity contribution < 1.29 is 4.74 Å². The molecule has 0 amide bonds. The van der Waals surface area contributed by atoms with Gasteiger partial charge in [-0.25, -0.2) is 0 Å². The minimum atomic E-state index is 0.705. The average Bonchev–Trinajstić information content (AvgIpc) is 2.77. The minimum Gasteiger partial charge on any atom is -0.494 e. The lowest BCUT2D eigenvalue weighted by molar-refractivity contribution is 0.340. The van der Waals surface area contributed by atoms with E-state index in [1.165, 1.54) is 11.3 Å². The van der Waals surface area contributed by atoms with Gasteiger partial charge in [0.05, 0.1) is 12.3 Å². The van der Waals surface area contributed by atoms with Gasteiger partial charge in [0.15, 0.2) is 0 Å². The monoisotopic (exact) mass is 215 g/mol. The Morgan fingerprint density at radius 3 is 3.19 bits per heavy atom. The van der Waals surface area contributed by atoms with E-state index in [-0.39, 0.29) is 0 Å². The average molecular weight is 215 g/mol. The lowest BCUT2D eigenvalue weighted by Gasteiger charge is -2.18. The van der Waals surface area contributed by atoms with Crippen LogP contribution in [0.5, 0.6) is 5.75 Å². The lowest BCUT2D eigenvalue weighted by Crippen LogP contribution is -2.11. The molecule has 0 saturated heterocycles. The number of hydrogen-bond donors (Lipinski definition) is 0. The van der Waals surface area contributed by atoms with E-state index in [0.717, 1.165) is 24.4 Å². The summed E-state index contributed by atoms with van der Waals surface area (Å²) in [5, 5.41) is 8.04. The van der Waals surface area contributed by atoms with Crippen LogP contribution in [0.15, 0.2) is 24.5 Å². The summed E-state index contributed by atoms with van der Waals surface area (Å²) in [6, 6.07) is 6.19. The summed E-state index contributed by atoms with van der Waals surface area (Å²) in [7, 11) is 0. The Labute approximate surface area is 93.9 Å². The molecule has 0 spiro atoms. The normalized spacial score (nSPS) is 13.1. The zero-order valence-corrected chi connectivity index (χ0v) is 9.18. The first-order chi connectivity index (χ1) is 7.88. The number of aryl methyl sites for hydroxylation is 2. The second-order valence-corrected chi connectivity index (χ2v) is 3.84. The van der Waals surface area contributed by atoms with E-state index in [1.807, 2.05) is 13.0 Å². The number of fused-ring (bicyclic) bond motifs is 3. The maximum atomic E-state index is 5.50. The van der Waals surface area contributed by atoms with Gasteiger partial charge >= 0.3 is 0 Å². The number of ether oxygens (including phenoxy) is 1. The molecular formula is C12H13N3O. The molecule has 2 heterocycles. The van der Waals surface area contributed by atoms with Crippen LogP contribution < -0.4 is 4.74 Å². The zero-order chi connectivity index (χ0) is 11.0. The molecule has 0 bridgehead atoms. The minimum absolute atomic E-state index is 0.705. The Hall–Kier alpha value is -1.84. The molecule has 16 heavy (non-hydrogen) atoms. The Morgan fingerprint density at radius 1 is 1.38 bits per heavy atom. The van der Waals surface area contributed by atoms with Gasteiger partial charge in [-0.2, -0.15) is 0 Å². The van der Waals surface area contributed by atoms with Gasteiger partial charge < -0.3 is 4.74 Å². The first-order valence-electron chi connectivity index (χ1n) is 5.53. The molecule has 4 nitrogen and oxygen atoms in total. The Balaban J connectivity index is 2.07. The van der Waals surface area contributed by atoms with Crippen LogP contribution in [0.1, 0.15) is 18.3 Å². The van der Waals surface area contributed by atoms with Crippen LogP contribution in [-0.4, -0.2) is 21.4 Å². The highest BCUT2D eigenvalue weighted by Gasteiger charge is 2.16. The fraction of sp³-hybridized carbons (Fsp3) is 0.333. The van der Waals surface area contributed by atoms with E-state index >= 15 is 0 Å². The molecule has 1 aliphatic rings. The van der Waals surface area contributed by atoms with E-state index in [1.54, 1.807) is 6.33 Å². The molecular weight excluding hydrogens is 202 g/mol. The van der Waals surface area contributed by atoms with Gasteiger partial charge in [-0.1, -0.05) is 0 Å². The quantitative estimate of drug-likeness (QED) is 0.766. The molecule has 3 rings (SSSR count). The number of benzene rings is 1. The standard InChI is InChI=1S/C12H13N3O/c1-2-16-10-4-5-11-9(7-10)3-6-12-14-13-8-15(11)12/h4-5,7-8H,2-3,6H2,1H3. The first kappa shape index (κ1) is 9.39. The fourth-order valence-electron chi connectivity index (χ4n) is 2.13. The van der Waals surface area contributed by atoms with Crippen LogP contribution in [0.25, 0.3) is 5.69 Å². The highest BCUT2D eigenvalue weighted by atomic mass is 16.5. The van der Waals surface area contributed by atoms with Gasteiger partial charge in [-0.15, -0.1) is 10.2 Å². The van der Waals surface area contributed by atoms with Gasteiger partial charge in [0.25, 0.3) is 0 Å². The summed E-state index contributed by atoms with van der Waals surface area (Å²) in [5.74, 6) is 1.98. The van der Waals surface area contributed by atoms with Crippen LogP contribution in [0.2, 0.25) is 0 Å². The van der Waals surface area contributed by atoms with Crippen molar-refractivity contribution in [1.29, 1.82) is 0 Å². The smallest absolute Gasteiger partial charge is 0.137 e. The summed E-state index contributed by atoms with van der Waals surface area (Å²) in [5.41, 5.74) is 2.48.